The van der Waals surface area contributed by atoms with Crippen molar-refractivity contribution in [1.82, 2.24) is 8.47 Å². The molecule has 9 rings (SSSR count). The van der Waals surface area contributed by atoms with Crippen molar-refractivity contribution in [3.63, 3.8) is 0 Å². The first-order chi connectivity index (χ1) is 17.4. The van der Waals surface area contributed by atoms with Gasteiger partial charge in [-0.2, -0.15) is 0 Å². The van der Waals surface area contributed by atoms with E-state index in [0.29, 0.717) is 0 Å². The highest BCUT2D eigenvalue weighted by atomic mass is 28.4. The van der Waals surface area contributed by atoms with Gasteiger partial charge in [0, 0.05) is 54.7 Å². The fourth-order valence-corrected chi connectivity index (χ4v) is 9.83. The van der Waals surface area contributed by atoms with E-state index in [2.05, 4.69) is 93.4 Å². The van der Waals surface area contributed by atoms with Crippen LogP contribution in [0.4, 0.5) is 0 Å². The topological polar surface area (TPSA) is 28.3 Å². The monoisotopic (exact) mass is 466 g/mol. The Morgan fingerprint density at radius 1 is 0.429 bits per heavy atom. The van der Waals surface area contributed by atoms with Crippen molar-refractivity contribution in [1.29, 1.82) is 0 Å². The maximum atomic E-state index is 7.09. The summed E-state index contributed by atoms with van der Waals surface area (Å²) in [5, 5.41) is 4.87. The number of benzene rings is 5. The third-order valence-corrected chi connectivity index (χ3v) is 10.6. The summed E-state index contributed by atoms with van der Waals surface area (Å²) in [5.74, 6) is 1.60. The van der Waals surface area contributed by atoms with Crippen LogP contribution in [0.1, 0.15) is 0 Å². The van der Waals surface area contributed by atoms with E-state index in [-0.39, 0.29) is 0 Å². The van der Waals surface area contributed by atoms with Gasteiger partial charge in [-0.15, -0.1) is 0 Å². The first kappa shape index (κ1) is 17.9. The lowest BCUT2D eigenvalue weighted by molar-refractivity contribution is 0.423. The van der Waals surface area contributed by atoms with Gasteiger partial charge in [-0.25, -0.2) is 0 Å². The average molecular weight is 467 g/mol. The molecule has 7 aromatic rings. The molecule has 5 aromatic carbocycles. The molecule has 2 aliphatic heterocycles. The fourth-order valence-electron chi connectivity index (χ4n) is 6.27. The van der Waals surface area contributed by atoms with Crippen LogP contribution in [-0.4, -0.2) is 17.3 Å². The van der Waals surface area contributed by atoms with Gasteiger partial charge in [-0.1, -0.05) is 84.9 Å². The predicted octanol–water partition coefficient (Wildman–Crippen LogP) is 7.19. The zero-order valence-electron chi connectivity index (χ0n) is 18.6. The second-order valence-electron chi connectivity index (χ2n) is 9.31. The van der Waals surface area contributed by atoms with Crippen LogP contribution in [0.25, 0.3) is 54.7 Å². The molecule has 0 radical (unpaired) electrons. The summed E-state index contributed by atoms with van der Waals surface area (Å²) >= 11 is 0. The minimum atomic E-state index is -3.37. The Balaban J connectivity index is 1.61. The van der Waals surface area contributed by atoms with Crippen LogP contribution in [0, 0.1) is 0 Å². The third kappa shape index (κ3) is 1.97. The molecular weight excluding hydrogens is 448 g/mol. The smallest absolute Gasteiger partial charge is 0.509 e. The second-order valence-corrected chi connectivity index (χ2v) is 11.7. The zero-order valence-corrected chi connectivity index (χ0v) is 19.6. The number of aromatic nitrogens is 2. The second kappa shape index (κ2) is 5.95. The Morgan fingerprint density at radius 2 is 0.857 bits per heavy atom. The number of hydrogen-bond acceptors (Lipinski definition) is 2. The number of rotatable bonds is 0. The number of nitrogens with zero attached hydrogens (tertiary/aromatic N) is 2. The molecule has 0 unspecified atom stereocenters. The van der Waals surface area contributed by atoms with E-state index >= 15 is 0 Å². The van der Waals surface area contributed by atoms with E-state index in [1.807, 2.05) is 24.3 Å². The van der Waals surface area contributed by atoms with Crippen molar-refractivity contribution >= 4 is 52.5 Å². The maximum Gasteiger partial charge on any atom is 0.509 e. The van der Waals surface area contributed by atoms with Crippen LogP contribution in [0.15, 0.2) is 109 Å². The quantitative estimate of drug-likeness (QED) is 0.221. The molecule has 4 heterocycles. The molecule has 0 saturated carbocycles. The van der Waals surface area contributed by atoms with Crippen molar-refractivity contribution in [2.45, 2.75) is 0 Å². The molecule has 0 N–H and O–H groups in total. The molecular formula is C30H18N2O2Si-. The lowest BCUT2D eigenvalue weighted by Crippen LogP contribution is -2.59. The summed E-state index contributed by atoms with van der Waals surface area (Å²) in [4.78, 5) is 0. The normalized spacial score (nSPS) is 15.0. The van der Waals surface area contributed by atoms with Gasteiger partial charge >= 0.3 is 8.88 Å². The molecule has 0 bridgehead atoms. The summed E-state index contributed by atoms with van der Waals surface area (Å²) in [6.07, 6.45) is 0. The summed E-state index contributed by atoms with van der Waals surface area (Å²) < 4.78 is 19.0. The van der Waals surface area contributed by atoms with Crippen molar-refractivity contribution in [2.75, 3.05) is 0 Å². The van der Waals surface area contributed by atoms with Gasteiger partial charge < -0.3 is 17.3 Å². The van der Waals surface area contributed by atoms with E-state index in [0.717, 1.165) is 22.5 Å². The van der Waals surface area contributed by atoms with Crippen LogP contribution < -0.4 is 8.85 Å². The van der Waals surface area contributed by atoms with E-state index in [4.69, 9.17) is 8.85 Å². The molecule has 2 aliphatic rings. The molecule has 5 heteroatoms. The average Bonchev–Trinajstić information content (AvgIpc) is 3.54. The molecule has 1 spiro atoms. The first-order valence-electron chi connectivity index (χ1n) is 11.9. The Kier molecular flexibility index (Phi) is 3.05. The Morgan fingerprint density at radius 3 is 1.37 bits per heavy atom. The summed E-state index contributed by atoms with van der Waals surface area (Å²) in [6, 6.07) is 38.6. The van der Waals surface area contributed by atoms with Gasteiger partial charge in [-0.05, 0) is 24.3 Å². The Bertz CT molecular complexity index is 1890. The lowest BCUT2D eigenvalue weighted by atomic mass is 9.99. The highest BCUT2D eigenvalue weighted by Crippen LogP contribution is 2.49. The molecule has 0 amide bonds. The minimum Gasteiger partial charge on any atom is -0.629 e. The predicted molar refractivity (Wildman–Crippen MR) is 142 cm³/mol. The molecule has 35 heavy (non-hydrogen) atoms. The summed E-state index contributed by atoms with van der Waals surface area (Å²) in [5.41, 5.74) is 7.03. The van der Waals surface area contributed by atoms with Gasteiger partial charge in [0.15, 0.2) is 0 Å². The largest absolute Gasteiger partial charge is 0.629 e. The Hall–Kier alpha value is -4.48. The lowest BCUT2D eigenvalue weighted by Gasteiger charge is -2.41. The molecule has 165 valence electrons. The van der Waals surface area contributed by atoms with Gasteiger partial charge in [0.05, 0.1) is 0 Å². The van der Waals surface area contributed by atoms with Crippen molar-refractivity contribution < 1.29 is 8.85 Å². The Labute approximate surface area is 201 Å². The highest BCUT2D eigenvalue weighted by molar-refractivity contribution is 6.71. The summed E-state index contributed by atoms with van der Waals surface area (Å²) in [7, 11) is -3.37. The number of hydrogen-bond donors (Lipinski definition) is 0. The molecule has 2 aromatic heterocycles. The molecule has 0 fully saturated rings. The molecule has 0 atom stereocenters. The van der Waals surface area contributed by atoms with Crippen LogP contribution in [0.5, 0.6) is 11.5 Å². The van der Waals surface area contributed by atoms with Crippen LogP contribution in [-0.2, 0) is 0 Å². The number of fused-ring (bicyclic) bond motifs is 10. The van der Waals surface area contributed by atoms with E-state index in [1.165, 1.54) is 43.7 Å². The third-order valence-electron chi connectivity index (χ3n) is 7.58. The number of para-hydroxylation sites is 6. The van der Waals surface area contributed by atoms with Crippen LogP contribution in [0.2, 0.25) is 0 Å². The van der Waals surface area contributed by atoms with Gasteiger partial charge in [0.1, 0.15) is 11.5 Å². The van der Waals surface area contributed by atoms with Crippen LogP contribution >= 0.6 is 0 Å². The van der Waals surface area contributed by atoms with E-state index < -0.39 is 8.88 Å². The molecule has 4 nitrogen and oxygen atoms in total. The standard InChI is InChI=1S/C30H18N2O2Si/c1-3-15-25-19(9-1)21-11-7-13-23-24-14-8-12-22-20-10-2-4-16-26(20)32(30(22)24)35(31(25)29(21)23)33-27-17-5-6-18-28(27)34-35/h1-18H/q-1. The summed E-state index contributed by atoms with van der Waals surface area (Å²) in [6.45, 7) is 0. The van der Waals surface area contributed by atoms with Gasteiger partial charge in [-0.3, -0.25) is 0 Å². The maximum absolute atomic E-state index is 7.09. The zero-order chi connectivity index (χ0) is 22.7. The van der Waals surface area contributed by atoms with Crippen molar-refractivity contribution in [3.8, 4) is 22.6 Å². The van der Waals surface area contributed by atoms with Crippen LogP contribution in [0.3, 0.4) is 0 Å². The minimum absolute atomic E-state index is 0.799. The van der Waals surface area contributed by atoms with Crippen molar-refractivity contribution in [2.24, 2.45) is 0 Å². The SMILES string of the molecule is c1ccc2c(c1)O[Si-]1(O2)n2c3ccccc3c3cccc(c32)-c2cccc3c4ccccc4n1c23. The molecule has 0 saturated heterocycles. The highest BCUT2D eigenvalue weighted by Gasteiger charge is 2.46. The van der Waals surface area contributed by atoms with E-state index in [9.17, 15) is 0 Å². The van der Waals surface area contributed by atoms with Crippen molar-refractivity contribution in [3.05, 3.63) is 109 Å². The fraction of sp³-hybridized carbons (Fsp3) is 0. The van der Waals surface area contributed by atoms with Gasteiger partial charge in [0.2, 0.25) is 0 Å². The first-order valence-corrected chi connectivity index (χ1v) is 13.6. The van der Waals surface area contributed by atoms with Gasteiger partial charge in [0.25, 0.3) is 0 Å². The van der Waals surface area contributed by atoms with E-state index in [1.54, 1.807) is 0 Å². The molecule has 0 aliphatic carbocycles.